The normalized spacial score (nSPS) is 12.0. The van der Waals surface area contributed by atoms with Crippen molar-refractivity contribution in [1.82, 2.24) is 9.78 Å². The lowest BCUT2D eigenvalue weighted by atomic mass is 10.3. The molecule has 0 unspecified atom stereocenters. The maximum absolute atomic E-state index is 11.9. The number of hydrogen-bond donors (Lipinski definition) is 0. The quantitative estimate of drug-likeness (QED) is 0.697. The third-order valence-electron chi connectivity index (χ3n) is 2.02. The second kappa shape index (κ2) is 5.14. The van der Waals surface area contributed by atoms with Crippen LogP contribution in [-0.2, 0) is 13.1 Å². The fraction of sp³-hybridized carbons (Fsp3) is 0.778. The van der Waals surface area contributed by atoms with E-state index >= 15 is 0 Å². The molecule has 0 bridgehead atoms. The Morgan fingerprint density at radius 3 is 2.73 bits per heavy atom. The van der Waals surface area contributed by atoms with Crippen LogP contribution in [-0.4, -0.2) is 16.0 Å². The maximum atomic E-state index is 11.9. The third-order valence-corrected chi connectivity index (χ3v) is 2.02. The largest absolute Gasteiger partial charge is 0.392 e. The maximum Gasteiger partial charge on any atom is 0.392 e. The fourth-order valence-electron chi connectivity index (χ4n) is 1.18. The van der Waals surface area contributed by atoms with Gasteiger partial charge in [0.25, 0.3) is 6.33 Å². The molecule has 1 heterocycles. The zero-order valence-corrected chi connectivity index (χ0v) is 8.67. The zero-order valence-electron chi connectivity index (χ0n) is 8.67. The van der Waals surface area contributed by atoms with E-state index in [1.807, 2.05) is 0 Å². The number of nitrogens with zero attached hydrogens (tertiary/aromatic N) is 3. The molecule has 86 valence electrons. The summed E-state index contributed by atoms with van der Waals surface area (Å²) in [5.74, 6) is 0. The van der Waals surface area contributed by atoms with E-state index in [9.17, 15) is 13.2 Å². The third kappa shape index (κ3) is 4.80. The van der Waals surface area contributed by atoms with Crippen LogP contribution in [0.3, 0.4) is 0 Å². The Morgan fingerprint density at radius 1 is 1.40 bits per heavy atom. The number of rotatable bonds is 5. The first kappa shape index (κ1) is 12.0. The minimum absolute atomic E-state index is 0.109. The molecule has 1 aromatic rings. The van der Waals surface area contributed by atoms with E-state index in [0.29, 0.717) is 0 Å². The molecule has 1 aromatic heterocycles. The molecule has 0 saturated heterocycles. The highest BCUT2D eigenvalue weighted by Gasteiger charge is 2.28. The Balaban J connectivity index is 2.39. The lowest BCUT2D eigenvalue weighted by Gasteiger charge is -2.01. The standard InChI is InChI=1S/C9H15F3N3/c1-2-3-5-14-7-13-15(8-14)6-4-9(10,11)12/h7-8H,2-6H2,1H3/q+1. The molecule has 3 nitrogen and oxygen atoms in total. The van der Waals surface area contributed by atoms with Gasteiger partial charge in [-0.25, -0.2) is 4.57 Å². The first-order chi connectivity index (χ1) is 7.01. The second-order valence-corrected chi connectivity index (χ2v) is 3.47. The Bertz CT molecular complexity index is 293. The van der Waals surface area contributed by atoms with Gasteiger partial charge in [0.1, 0.15) is 6.54 Å². The van der Waals surface area contributed by atoms with Gasteiger partial charge in [-0.15, -0.1) is 4.68 Å². The predicted molar refractivity (Wildman–Crippen MR) is 48.0 cm³/mol. The number of halogens is 3. The van der Waals surface area contributed by atoms with Crippen LogP contribution in [0.1, 0.15) is 26.2 Å². The smallest absolute Gasteiger partial charge is 0.237 e. The Morgan fingerprint density at radius 2 is 2.13 bits per heavy atom. The van der Waals surface area contributed by atoms with Crippen LogP contribution in [0, 0.1) is 0 Å². The molecule has 0 atom stereocenters. The van der Waals surface area contributed by atoms with Crippen molar-refractivity contribution in [1.29, 1.82) is 0 Å². The summed E-state index contributed by atoms with van der Waals surface area (Å²) in [7, 11) is 0. The van der Waals surface area contributed by atoms with E-state index in [2.05, 4.69) is 12.0 Å². The average molecular weight is 222 g/mol. The number of aryl methyl sites for hydroxylation is 2. The highest BCUT2D eigenvalue weighted by Crippen LogP contribution is 2.19. The molecular formula is C9H15F3N3+. The lowest BCUT2D eigenvalue weighted by Crippen LogP contribution is -2.30. The van der Waals surface area contributed by atoms with Crippen molar-refractivity contribution < 1.29 is 17.7 Å². The van der Waals surface area contributed by atoms with Crippen molar-refractivity contribution in [2.75, 3.05) is 0 Å². The summed E-state index contributed by atoms with van der Waals surface area (Å²) in [6.45, 7) is 2.76. The van der Waals surface area contributed by atoms with Crippen LogP contribution in [0.2, 0.25) is 0 Å². The minimum Gasteiger partial charge on any atom is -0.237 e. The molecule has 0 N–H and O–H groups in total. The highest BCUT2D eigenvalue weighted by molar-refractivity contribution is 4.53. The molecule has 0 aliphatic heterocycles. The van der Waals surface area contributed by atoms with Gasteiger partial charge in [0, 0.05) is 5.10 Å². The topological polar surface area (TPSA) is 21.7 Å². The zero-order chi connectivity index (χ0) is 11.3. The molecule has 1 rings (SSSR count). The van der Waals surface area contributed by atoms with Gasteiger partial charge < -0.3 is 0 Å². The van der Waals surface area contributed by atoms with Crippen LogP contribution in [0.4, 0.5) is 13.2 Å². The van der Waals surface area contributed by atoms with Crippen LogP contribution in [0.25, 0.3) is 0 Å². The number of unbranched alkanes of at least 4 members (excludes halogenated alkanes) is 1. The second-order valence-electron chi connectivity index (χ2n) is 3.47. The highest BCUT2D eigenvalue weighted by atomic mass is 19.4. The van der Waals surface area contributed by atoms with Crippen molar-refractivity contribution in [2.45, 2.75) is 45.5 Å². The molecule has 15 heavy (non-hydrogen) atoms. The summed E-state index contributed by atoms with van der Waals surface area (Å²) >= 11 is 0. The van der Waals surface area contributed by atoms with E-state index in [4.69, 9.17) is 0 Å². The Hall–Kier alpha value is -1.07. The van der Waals surface area contributed by atoms with Crippen LogP contribution in [0.5, 0.6) is 0 Å². The van der Waals surface area contributed by atoms with E-state index in [1.54, 1.807) is 17.2 Å². The van der Waals surface area contributed by atoms with E-state index in [0.717, 1.165) is 19.4 Å². The van der Waals surface area contributed by atoms with E-state index in [1.165, 1.54) is 4.68 Å². The van der Waals surface area contributed by atoms with Crippen molar-refractivity contribution in [2.24, 2.45) is 0 Å². The van der Waals surface area contributed by atoms with Crippen LogP contribution >= 0.6 is 0 Å². The van der Waals surface area contributed by atoms with Gasteiger partial charge in [0.15, 0.2) is 0 Å². The minimum atomic E-state index is -4.11. The summed E-state index contributed by atoms with van der Waals surface area (Å²) < 4.78 is 38.8. The number of alkyl halides is 3. The molecule has 0 aliphatic carbocycles. The van der Waals surface area contributed by atoms with Crippen LogP contribution < -0.4 is 4.57 Å². The van der Waals surface area contributed by atoms with Crippen molar-refractivity contribution >= 4 is 0 Å². The predicted octanol–water partition coefficient (Wildman–Crippen LogP) is 1.92. The molecule has 0 fully saturated rings. The molecular weight excluding hydrogens is 207 g/mol. The van der Waals surface area contributed by atoms with Gasteiger partial charge in [0.05, 0.1) is 13.0 Å². The molecule has 0 saturated carbocycles. The molecule has 0 aromatic carbocycles. The van der Waals surface area contributed by atoms with Crippen molar-refractivity contribution in [3.63, 3.8) is 0 Å². The van der Waals surface area contributed by atoms with Gasteiger partial charge in [-0.05, 0) is 6.42 Å². The number of aromatic nitrogens is 3. The molecule has 0 radical (unpaired) electrons. The monoisotopic (exact) mass is 222 g/mol. The number of hydrogen-bond acceptors (Lipinski definition) is 1. The van der Waals surface area contributed by atoms with Gasteiger partial charge in [-0.3, -0.25) is 0 Å². The summed E-state index contributed by atoms with van der Waals surface area (Å²) in [6, 6.07) is 0. The van der Waals surface area contributed by atoms with Gasteiger partial charge in [-0.1, -0.05) is 13.3 Å². The summed E-state index contributed by atoms with van der Waals surface area (Å²) in [5.41, 5.74) is 0. The molecule has 6 heteroatoms. The molecule has 0 aliphatic rings. The summed E-state index contributed by atoms with van der Waals surface area (Å²) in [4.78, 5) is 0. The van der Waals surface area contributed by atoms with E-state index < -0.39 is 12.6 Å². The van der Waals surface area contributed by atoms with Crippen molar-refractivity contribution in [3.05, 3.63) is 12.7 Å². The summed E-state index contributed by atoms with van der Waals surface area (Å²) in [5, 5.41) is 3.85. The Kier molecular flexibility index (Phi) is 4.11. The molecule has 0 amide bonds. The lowest BCUT2D eigenvalue weighted by molar-refractivity contribution is -0.698. The van der Waals surface area contributed by atoms with Gasteiger partial charge >= 0.3 is 6.18 Å². The van der Waals surface area contributed by atoms with Crippen molar-refractivity contribution in [3.8, 4) is 0 Å². The molecule has 0 spiro atoms. The Labute approximate surface area is 86.5 Å². The van der Waals surface area contributed by atoms with Gasteiger partial charge in [0.2, 0.25) is 6.33 Å². The average Bonchev–Trinajstić information content (AvgIpc) is 2.58. The summed E-state index contributed by atoms with van der Waals surface area (Å²) in [6.07, 6.45) is 0.298. The fourth-order valence-corrected chi connectivity index (χ4v) is 1.18. The van der Waals surface area contributed by atoms with Crippen LogP contribution in [0.15, 0.2) is 12.7 Å². The van der Waals surface area contributed by atoms with Gasteiger partial charge in [-0.2, -0.15) is 13.2 Å². The first-order valence-electron chi connectivity index (χ1n) is 4.99. The SMILES string of the molecule is CCCC[n+]1cnn(CCC(F)(F)F)c1. The first-order valence-corrected chi connectivity index (χ1v) is 4.99. The van der Waals surface area contributed by atoms with E-state index in [-0.39, 0.29) is 6.54 Å².